The van der Waals surface area contributed by atoms with Crippen molar-refractivity contribution in [3.05, 3.63) is 22.4 Å². The quantitative estimate of drug-likeness (QED) is 0.484. The first-order chi connectivity index (χ1) is 7.09. The molecule has 15 heavy (non-hydrogen) atoms. The van der Waals surface area contributed by atoms with Gasteiger partial charge in [0.25, 0.3) is 5.91 Å². The summed E-state index contributed by atoms with van der Waals surface area (Å²) in [6.07, 6.45) is 1.62. The molecule has 1 rings (SSSR count). The smallest absolute Gasteiger partial charge is 0.323 e. The Morgan fingerprint density at radius 1 is 1.47 bits per heavy atom. The molecule has 82 valence electrons. The number of hydrogen-bond donors (Lipinski definition) is 4. The Hall–Kier alpha value is -2.05. The van der Waals surface area contributed by atoms with Gasteiger partial charge in [0.15, 0.2) is 0 Å². The molecule has 1 aromatic rings. The van der Waals surface area contributed by atoms with Crippen LogP contribution in [0.25, 0.3) is 0 Å². The van der Waals surface area contributed by atoms with Gasteiger partial charge >= 0.3 is 11.7 Å². The maximum Gasteiger partial charge on any atom is 0.323 e. The van der Waals surface area contributed by atoms with Crippen LogP contribution in [0.4, 0.5) is 0 Å². The van der Waals surface area contributed by atoms with E-state index in [0.717, 1.165) is 0 Å². The number of rotatable bonds is 5. The molecule has 0 radical (unpaired) electrons. The van der Waals surface area contributed by atoms with Gasteiger partial charge in [-0.05, 0) is 6.42 Å². The molecular formula is C8H11N3O4. The van der Waals surface area contributed by atoms with Gasteiger partial charge in [-0.3, -0.25) is 9.59 Å². The van der Waals surface area contributed by atoms with E-state index in [2.05, 4.69) is 15.3 Å². The number of amides is 1. The van der Waals surface area contributed by atoms with Crippen molar-refractivity contribution in [2.24, 2.45) is 0 Å². The Morgan fingerprint density at radius 2 is 2.20 bits per heavy atom. The summed E-state index contributed by atoms with van der Waals surface area (Å²) in [5, 5.41) is 10.8. The Balaban J connectivity index is 2.31. The highest BCUT2D eigenvalue weighted by Crippen LogP contribution is 1.90. The Morgan fingerprint density at radius 3 is 2.73 bits per heavy atom. The van der Waals surface area contributed by atoms with Crippen molar-refractivity contribution in [3.63, 3.8) is 0 Å². The largest absolute Gasteiger partial charge is 0.481 e. The van der Waals surface area contributed by atoms with E-state index in [4.69, 9.17) is 5.11 Å². The molecular weight excluding hydrogens is 202 g/mol. The Labute approximate surface area is 84.5 Å². The van der Waals surface area contributed by atoms with Crippen LogP contribution in [0.2, 0.25) is 0 Å². The molecule has 0 atom stereocenters. The van der Waals surface area contributed by atoms with Gasteiger partial charge in [-0.15, -0.1) is 0 Å². The van der Waals surface area contributed by atoms with E-state index in [1.54, 1.807) is 0 Å². The van der Waals surface area contributed by atoms with Crippen molar-refractivity contribution >= 4 is 11.9 Å². The number of aromatic amines is 2. The van der Waals surface area contributed by atoms with E-state index in [1.807, 2.05) is 0 Å². The molecule has 1 heterocycles. The van der Waals surface area contributed by atoms with Crippen molar-refractivity contribution in [2.45, 2.75) is 12.8 Å². The van der Waals surface area contributed by atoms with E-state index >= 15 is 0 Å². The third-order valence-electron chi connectivity index (χ3n) is 1.69. The second-order valence-corrected chi connectivity index (χ2v) is 2.91. The predicted octanol–water partition coefficient (Wildman–Crippen LogP) is -0.702. The molecule has 0 aromatic carbocycles. The predicted molar refractivity (Wildman–Crippen MR) is 50.6 cm³/mol. The van der Waals surface area contributed by atoms with E-state index in [-0.39, 0.29) is 18.7 Å². The third kappa shape index (κ3) is 3.67. The SMILES string of the molecule is O=C(O)CCCNC(=O)c1c[nH]c(=O)[nH]1. The fourth-order valence-electron chi connectivity index (χ4n) is 0.991. The second kappa shape index (κ2) is 4.99. The lowest BCUT2D eigenvalue weighted by atomic mass is 10.3. The van der Waals surface area contributed by atoms with Crippen molar-refractivity contribution in [3.8, 4) is 0 Å². The number of imidazole rings is 1. The third-order valence-corrected chi connectivity index (χ3v) is 1.69. The van der Waals surface area contributed by atoms with Crippen molar-refractivity contribution in [1.29, 1.82) is 0 Å². The molecule has 1 amide bonds. The minimum Gasteiger partial charge on any atom is -0.481 e. The first-order valence-corrected chi connectivity index (χ1v) is 4.37. The fraction of sp³-hybridized carbons (Fsp3) is 0.375. The zero-order chi connectivity index (χ0) is 11.3. The number of hydrogen-bond acceptors (Lipinski definition) is 3. The van der Waals surface area contributed by atoms with Crippen LogP contribution in [0.5, 0.6) is 0 Å². The van der Waals surface area contributed by atoms with Gasteiger partial charge in [0.05, 0.1) is 0 Å². The highest BCUT2D eigenvalue weighted by molar-refractivity contribution is 5.91. The molecule has 0 spiro atoms. The lowest BCUT2D eigenvalue weighted by Crippen LogP contribution is -2.25. The van der Waals surface area contributed by atoms with Gasteiger partial charge in [-0.1, -0.05) is 0 Å². The average molecular weight is 213 g/mol. The van der Waals surface area contributed by atoms with Gasteiger partial charge in [0.1, 0.15) is 5.69 Å². The lowest BCUT2D eigenvalue weighted by Gasteiger charge is -2.00. The lowest BCUT2D eigenvalue weighted by molar-refractivity contribution is -0.137. The summed E-state index contributed by atoms with van der Waals surface area (Å²) in [7, 11) is 0. The van der Waals surface area contributed by atoms with E-state index in [1.165, 1.54) is 6.20 Å². The van der Waals surface area contributed by atoms with Gasteiger partial charge in [-0.2, -0.15) is 0 Å². The van der Waals surface area contributed by atoms with Crippen LogP contribution < -0.4 is 11.0 Å². The molecule has 0 unspecified atom stereocenters. The molecule has 0 aliphatic rings. The number of carbonyl (C=O) groups is 2. The van der Waals surface area contributed by atoms with Crippen molar-refractivity contribution in [2.75, 3.05) is 6.54 Å². The minimum absolute atomic E-state index is 0.00391. The maximum absolute atomic E-state index is 11.3. The van der Waals surface area contributed by atoms with Crippen molar-refractivity contribution < 1.29 is 14.7 Å². The molecule has 0 aliphatic heterocycles. The second-order valence-electron chi connectivity index (χ2n) is 2.91. The fourth-order valence-corrected chi connectivity index (χ4v) is 0.991. The summed E-state index contributed by atoms with van der Waals surface area (Å²) < 4.78 is 0. The topological polar surface area (TPSA) is 115 Å². The summed E-state index contributed by atoms with van der Waals surface area (Å²) in [5.74, 6) is -1.34. The number of aromatic nitrogens is 2. The molecule has 7 heteroatoms. The molecule has 1 aromatic heterocycles. The summed E-state index contributed by atoms with van der Waals surface area (Å²) in [6, 6.07) is 0. The van der Waals surface area contributed by atoms with Gasteiger partial charge in [-0.25, -0.2) is 4.79 Å². The van der Waals surface area contributed by atoms with E-state index in [9.17, 15) is 14.4 Å². The maximum atomic E-state index is 11.3. The van der Waals surface area contributed by atoms with Gasteiger partial charge in [0, 0.05) is 19.2 Å². The number of carboxylic acid groups (broad SMARTS) is 1. The molecule has 0 aliphatic carbocycles. The van der Waals surface area contributed by atoms with Gasteiger partial charge in [0.2, 0.25) is 0 Å². The summed E-state index contributed by atoms with van der Waals surface area (Å²) in [6.45, 7) is 0.262. The zero-order valence-corrected chi connectivity index (χ0v) is 7.87. The molecule has 7 nitrogen and oxygen atoms in total. The van der Waals surface area contributed by atoms with Crippen molar-refractivity contribution in [1.82, 2.24) is 15.3 Å². The number of H-pyrrole nitrogens is 2. The Kier molecular flexibility index (Phi) is 3.67. The summed E-state index contributed by atoms with van der Waals surface area (Å²) >= 11 is 0. The molecule has 0 bridgehead atoms. The van der Waals surface area contributed by atoms with Crippen LogP contribution in [0, 0.1) is 0 Å². The van der Waals surface area contributed by atoms with Crippen LogP contribution in [0.1, 0.15) is 23.3 Å². The average Bonchev–Trinajstić information content (AvgIpc) is 2.59. The monoisotopic (exact) mass is 213 g/mol. The molecule has 4 N–H and O–H groups in total. The van der Waals surface area contributed by atoms with Crippen LogP contribution in [-0.4, -0.2) is 33.5 Å². The molecule has 0 fully saturated rings. The van der Waals surface area contributed by atoms with Crippen LogP contribution in [0.15, 0.2) is 11.0 Å². The Bertz CT molecular complexity index is 406. The highest BCUT2D eigenvalue weighted by Gasteiger charge is 2.06. The highest BCUT2D eigenvalue weighted by atomic mass is 16.4. The number of aliphatic carboxylic acids is 1. The summed E-state index contributed by atoms with van der Waals surface area (Å²) in [5.41, 5.74) is -0.319. The number of carbonyl (C=O) groups excluding carboxylic acids is 1. The first-order valence-electron chi connectivity index (χ1n) is 4.37. The minimum atomic E-state index is -0.903. The zero-order valence-electron chi connectivity index (χ0n) is 7.87. The summed E-state index contributed by atoms with van der Waals surface area (Å²) in [4.78, 5) is 36.6. The van der Waals surface area contributed by atoms with E-state index < -0.39 is 17.6 Å². The van der Waals surface area contributed by atoms with Crippen LogP contribution in [0.3, 0.4) is 0 Å². The number of nitrogens with one attached hydrogen (secondary N) is 3. The molecule has 0 saturated heterocycles. The normalized spacial score (nSPS) is 9.87. The van der Waals surface area contributed by atoms with Gasteiger partial charge < -0.3 is 20.4 Å². The standard InChI is InChI=1S/C8H11N3O4/c12-6(13)2-1-3-9-7(14)5-4-10-8(15)11-5/h4H,1-3H2,(H,9,14)(H,12,13)(H2,10,11,15). The van der Waals surface area contributed by atoms with Crippen LogP contribution in [-0.2, 0) is 4.79 Å². The molecule has 0 saturated carbocycles. The first kappa shape index (κ1) is 11.0. The number of carboxylic acids is 1. The van der Waals surface area contributed by atoms with E-state index in [0.29, 0.717) is 6.42 Å². The van der Waals surface area contributed by atoms with Crippen LogP contribution >= 0.6 is 0 Å².